The second-order valence-corrected chi connectivity index (χ2v) is 3.75. The minimum Gasteiger partial charge on any atom is -0.489 e. The Balaban J connectivity index is 2.00. The molecule has 94 valence electrons. The van der Waals surface area contributed by atoms with Crippen molar-refractivity contribution in [3.8, 4) is 17.0 Å². The van der Waals surface area contributed by atoms with Crippen LogP contribution in [-0.4, -0.2) is 23.1 Å². The van der Waals surface area contributed by atoms with Crippen molar-refractivity contribution in [2.45, 2.75) is 0 Å². The van der Waals surface area contributed by atoms with Crippen molar-refractivity contribution >= 4 is 0 Å². The van der Waals surface area contributed by atoms with Crippen molar-refractivity contribution in [3.63, 3.8) is 0 Å². The molecule has 0 unspecified atom stereocenters. The number of hydrogen-bond donors (Lipinski definition) is 2. The summed E-state index contributed by atoms with van der Waals surface area (Å²) in [6.07, 6.45) is 3.85. The molecular formula is C13H14FN3O. The fraction of sp³-hybridized carbons (Fsp3) is 0.154. The molecule has 1 aromatic carbocycles. The molecule has 0 fully saturated rings. The second kappa shape index (κ2) is 5.97. The third-order valence-electron chi connectivity index (χ3n) is 2.50. The predicted octanol–water partition coefficient (Wildman–Crippen LogP) is 2.27. The lowest BCUT2D eigenvalue weighted by atomic mass is 10.2. The van der Waals surface area contributed by atoms with Gasteiger partial charge in [-0.25, -0.2) is 9.37 Å². The molecular weight excluding hydrogens is 233 g/mol. The highest BCUT2D eigenvalue weighted by Crippen LogP contribution is 2.20. The molecule has 2 aromatic rings. The zero-order valence-corrected chi connectivity index (χ0v) is 9.77. The van der Waals surface area contributed by atoms with Crippen molar-refractivity contribution in [1.82, 2.24) is 9.97 Å². The molecule has 0 saturated heterocycles. The third-order valence-corrected chi connectivity index (χ3v) is 2.50. The predicted molar refractivity (Wildman–Crippen MR) is 67.8 cm³/mol. The van der Waals surface area contributed by atoms with E-state index in [2.05, 4.69) is 9.97 Å². The van der Waals surface area contributed by atoms with Gasteiger partial charge in [0.15, 0.2) is 0 Å². The SMILES string of the molecule is NC/C(=C\F)COc1ccc(-c2cnc[nH]2)cc1. The normalized spacial score (nSPS) is 11.6. The Morgan fingerprint density at radius 1 is 1.39 bits per heavy atom. The highest BCUT2D eigenvalue weighted by atomic mass is 19.1. The summed E-state index contributed by atoms with van der Waals surface area (Å²) in [7, 11) is 0. The Morgan fingerprint density at radius 2 is 2.17 bits per heavy atom. The van der Waals surface area contributed by atoms with E-state index in [4.69, 9.17) is 10.5 Å². The van der Waals surface area contributed by atoms with Gasteiger partial charge < -0.3 is 15.5 Å². The summed E-state index contributed by atoms with van der Waals surface area (Å²) >= 11 is 0. The van der Waals surface area contributed by atoms with Gasteiger partial charge in [0.1, 0.15) is 12.4 Å². The molecule has 0 spiro atoms. The van der Waals surface area contributed by atoms with Crippen molar-refractivity contribution in [2.75, 3.05) is 13.2 Å². The number of benzene rings is 1. The lowest BCUT2D eigenvalue weighted by molar-refractivity contribution is 0.347. The number of nitrogens with one attached hydrogen (secondary N) is 1. The van der Waals surface area contributed by atoms with E-state index in [0.29, 0.717) is 17.7 Å². The smallest absolute Gasteiger partial charge is 0.119 e. The van der Waals surface area contributed by atoms with Crippen LogP contribution in [0.4, 0.5) is 4.39 Å². The van der Waals surface area contributed by atoms with Crippen LogP contribution in [0.2, 0.25) is 0 Å². The van der Waals surface area contributed by atoms with E-state index in [-0.39, 0.29) is 13.2 Å². The lowest BCUT2D eigenvalue weighted by Gasteiger charge is -2.07. The van der Waals surface area contributed by atoms with Crippen molar-refractivity contribution in [2.24, 2.45) is 5.73 Å². The van der Waals surface area contributed by atoms with Gasteiger partial charge in [-0.05, 0) is 29.8 Å². The lowest BCUT2D eigenvalue weighted by Crippen LogP contribution is -2.10. The number of nitrogens with zero attached hydrogens (tertiary/aromatic N) is 1. The highest BCUT2D eigenvalue weighted by molar-refractivity contribution is 5.58. The van der Waals surface area contributed by atoms with Crippen molar-refractivity contribution in [3.05, 3.63) is 48.7 Å². The van der Waals surface area contributed by atoms with Crippen LogP contribution in [0.3, 0.4) is 0 Å². The summed E-state index contributed by atoms with van der Waals surface area (Å²) in [5.41, 5.74) is 7.71. The molecule has 1 heterocycles. The van der Waals surface area contributed by atoms with E-state index < -0.39 is 0 Å². The topological polar surface area (TPSA) is 63.9 Å². The number of aromatic nitrogens is 2. The van der Waals surface area contributed by atoms with Gasteiger partial charge >= 0.3 is 0 Å². The number of imidazole rings is 1. The molecule has 0 radical (unpaired) electrons. The first-order valence-electron chi connectivity index (χ1n) is 5.53. The first kappa shape index (κ1) is 12.3. The molecule has 0 aliphatic heterocycles. The van der Waals surface area contributed by atoms with Crippen LogP contribution >= 0.6 is 0 Å². The summed E-state index contributed by atoms with van der Waals surface area (Å²) in [5.74, 6) is 0.672. The van der Waals surface area contributed by atoms with Gasteiger partial charge in [-0.1, -0.05) is 0 Å². The molecule has 1 aromatic heterocycles. The van der Waals surface area contributed by atoms with Gasteiger partial charge in [0.05, 0.1) is 24.5 Å². The summed E-state index contributed by atoms with van der Waals surface area (Å²) in [6, 6.07) is 7.46. The van der Waals surface area contributed by atoms with Crippen LogP contribution in [0.25, 0.3) is 11.3 Å². The Hall–Kier alpha value is -2.14. The quantitative estimate of drug-likeness (QED) is 0.851. The van der Waals surface area contributed by atoms with Crippen LogP contribution in [-0.2, 0) is 0 Å². The first-order chi connectivity index (χ1) is 8.83. The van der Waals surface area contributed by atoms with Gasteiger partial charge in [0.2, 0.25) is 0 Å². The van der Waals surface area contributed by atoms with E-state index >= 15 is 0 Å². The van der Waals surface area contributed by atoms with Crippen LogP contribution in [0.15, 0.2) is 48.7 Å². The zero-order valence-electron chi connectivity index (χ0n) is 9.77. The van der Waals surface area contributed by atoms with Gasteiger partial charge in [-0.15, -0.1) is 0 Å². The fourth-order valence-electron chi connectivity index (χ4n) is 1.46. The monoisotopic (exact) mass is 247 g/mol. The zero-order chi connectivity index (χ0) is 12.8. The Morgan fingerprint density at radius 3 is 2.72 bits per heavy atom. The number of aromatic amines is 1. The number of rotatable bonds is 5. The average molecular weight is 247 g/mol. The van der Waals surface area contributed by atoms with E-state index in [0.717, 1.165) is 11.3 Å². The number of halogens is 1. The number of nitrogens with two attached hydrogens (primary N) is 1. The van der Waals surface area contributed by atoms with Gasteiger partial charge in [-0.3, -0.25) is 0 Å². The first-order valence-corrected chi connectivity index (χ1v) is 5.53. The summed E-state index contributed by atoms with van der Waals surface area (Å²) in [4.78, 5) is 6.97. The molecule has 0 aliphatic rings. The summed E-state index contributed by atoms with van der Waals surface area (Å²) in [5, 5.41) is 0. The van der Waals surface area contributed by atoms with Crippen molar-refractivity contribution < 1.29 is 9.13 Å². The molecule has 4 nitrogen and oxygen atoms in total. The van der Waals surface area contributed by atoms with Crippen LogP contribution in [0.5, 0.6) is 5.75 Å². The molecule has 18 heavy (non-hydrogen) atoms. The Kier molecular flexibility index (Phi) is 4.09. The molecule has 0 atom stereocenters. The van der Waals surface area contributed by atoms with Crippen LogP contribution in [0.1, 0.15) is 0 Å². The minimum atomic E-state index is 0.155. The number of hydrogen-bond acceptors (Lipinski definition) is 3. The van der Waals surface area contributed by atoms with E-state index in [1.165, 1.54) is 0 Å². The average Bonchev–Trinajstić information content (AvgIpc) is 2.94. The Bertz CT molecular complexity index is 506. The molecule has 3 N–H and O–H groups in total. The number of H-pyrrole nitrogens is 1. The summed E-state index contributed by atoms with van der Waals surface area (Å²) in [6.45, 7) is 0.319. The Labute approximate surface area is 104 Å². The highest BCUT2D eigenvalue weighted by Gasteiger charge is 2.01. The second-order valence-electron chi connectivity index (χ2n) is 3.75. The van der Waals surface area contributed by atoms with Crippen LogP contribution < -0.4 is 10.5 Å². The van der Waals surface area contributed by atoms with Gasteiger partial charge in [0.25, 0.3) is 0 Å². The maximum atomic E-state index is 12.3. The van der Waals surface area contributed by atoms with E-state index in [1.807, 2.05) is 24.3 Å². The fourth-order valence-corrected chi connectivity index (χ4v) is 1.46. The number of ether oxygens (including phenoxy) is 1. The van der Waals surface area contributed by atoms with E-state index in [1.54, 1.807) is 12.5 Å². The van der Waals surface area contributed by atoms with Gasteiger partial charge in [-0.2, -0.15) is 0 Å². The third kappa shape index (κ3) is 2.95. The molecule has 0 amide bonds. The van der Waals surface area contributed by atoms with Gasteiger partial charge in [0, 0.05) is 12.1 Å². The summed E-state index contributed by atoms with van der Waals surface area (Å²) < 4.78 is 17.7. The van der Waals surface area contributed by atoms with Crippen molar-refractivity contribution in [1.29, 1.82) is 0 Å². The molecule has 5 heteroatoms. The standard InChI is InChI=1S/C13H14FN3O/c14-5-10(6-15)8-18-12-3-1-11(2-4-12)13-7-16-9-17-13/h1-5,7,9H,6,8,15H2,(H,16,17)/b10-5+. The molecule has 0 saturated carbocycles. The van der Waals surface area contributed by atoms with Crippen LogP contribution in [0, 0.1) is 0 Å². The minimum absolute atomic E-state index is 0.155. The maximum Gasteiger partial charge on any atom is 0.119 e. The van der Waals surface area contributed by atoms with E-state index in [9.17, 15) is 4.39 Å². The molecule has 0 bridgehead atoms. The molecule has 2 rings (SSSR count). The molecule has 0 aliphatic carbocycles. The maximum absolute atomic E-state index is 12.3. The largest absolute Gasteiger partial charge is 0.489 e.